The summed E-state index contributed by atoms with van der Waals surface area (Å²) in [5.74, 6) is -0.729. The van der Waals surface area contributed by atoms with Crippen LogP contribution in [-0.4, -0.2) is 30.5 Å². The van der Waals surface area contributed by atoms with Gasteiger partial charge in [0.15, 0.2) is 0 Å². The van der Waals surface area contributed by atoms with E-state index in [2.05, 4.69) is 22.8 Å². The van der Waals surface area contributed by atoms with Gasteiger partial charge in [-0.1, -0.05) is 69.2 Å². The highest BCUT2D eigenvalue weighted by molar-refractivity contribution is 6.33. The molecule has 0 aliphatic heterocycles. The molecule has 0 fully saturated rings. The van der Waals surface area contributed by atoms with Crippen LogP contribution < -0.4 is 15.5 Å². The first-order valence-corrected chi connectivity index (χ1v) is 12.0. The lowest BCUT2D eigenvalue weighted by Gasteiger charge is -2.06. The minimum Gasteiger partial charge on any atom is -0.423 e. The molecule has 0 radical (unpaired) electrons. The van der Waals surface area contributed by atoms with E-state index in [9.17, 15) is 14.4 Å². The molecule has 0 unspecified atom stereocenters. The fraction of sp³-hybridized carbons (Fsp3) is 0.385. The molecule has 7 nitrogen and oxygen atoms in total. The van der Waals surface area contributed by atoms with Gasteiger partial charge in [-0.05, 0) is 48.4 Å². The van der Waals surface area contributed by atoms with Gasteiger partial charge in [-0.25, -0.2) is 10.2 Å². The SMILES string of the molecule is CCCCCCCCCC(=O)NCC(=O)N/N=C/c1ccc(OC(=O)c2ccccc2Cl)cc1. The van der Waals surface area contributed by atoms with Crippen molar-refractivity contribution in [2.24, 2.45) is 5.10 Å². The van der Waals surface area contributed by atoms with Crippen molar-refractivity contribution in [3.8, 4) is 5.75 Å². The van der Waals surface area contributed by atoms with Crippen LogP contribution in [0, 0.1) is 0 Å². The van der Waals surface area contributed by atoms with Crippen molar-refractivity contribution >= 4 is 35.6 Å². The number of esters is 1. The topological polar surface area (TPSA) is 96.9 Å². The largest absolute Gasteiger partial charge is 0.423 e. The molecule has 0 saturated heterocycles. The molecule has 8 heteroatoms. The van der Waals surface area contributed by atoms with Crippen LogP contribution in [-0.2, 0) is 9.59 Å². The van der Waals surface area contributed by atoms with Gasteiger partial charge in [-0.15, -0.1) is 0 Å². The minimum absolute atomic E-state index is 0.121. The van der Waals surface area contributed by atoms with Crippen molar-refractivity contribution in [3.63, 3.8) is 0 Å². The normalized spacial score (nSPS) is 10.8. The first-order chi connectivity index (χ1) is 16.5. The van der Waals surface area contributed by atoms with E-state index in [1.54, 1.807) is 48.5 Å². The fourth-order valence-corrected chi connectivity index (χ4v) is 3.35. The monoisotopic (exact) mass is 485 g/mol. The zero-order valence-corrected chi connectivity index (χ0v) is 20.3. The predicted molar refractivity (Wildman–Crippen MR) is 134 cm³/mol. The molecule has 0 saturated carbocycles. The molecule has 0 bridgehead atoms. The molecular weight excluding hydrogens is 454 g/mol. The van der Waals surface area contributed by atoms with Gasteiger partial charge in [0.2, 0.25) is 5.91 Å². The maximum atomic E-state index is 12.2. The standard InChI is InChI=1S/C26H32ClN3O4/c1-2-3-4-5-6-7-8-13-24(31)28-19-25(32)30-29-18-20-14-16-21(17-15-20)34-26(33)22-11-9-10-12-23(22)27/h9-12,14-18H,2-8,13,19H2,1H3,(H,28,31)(H,30,32)/b29-18+. The van der Waals surface area contributed by atoms with E-state index < -0.39 is 11.9 Å². The van der Waals surface area contributed by atoms with Crippen molar-refractivity contribution in [2.75, 3.05) is 6.54 Å². The molecule has 0 atom stereocenters. The number of hydrogen-bond acceptors (Lipinski definition) is 5. The van der Waals surface area contributed by atoms with E-state index in [4.69, 9.17) is 16.3 Å². The second-order valence-corrected chi connectivity index (χ2v) is 8.29. The van der Waals surface area contributed by atoms with Crippen LogP contribution in [0.2, 0.25) is 5.02 Å². The van der Waals surface area contributed by atoms with Crippen LogP contribution in [0.4, 0.5) is 0 Å². The van der Waals surface area contributed by atoms with E-state index >= 15 is 0 Å². The molecule has 0 aromatic heterocycles. The Hall–Kier alpha value is -3.19. The number of benzene rings is 2. The first-order valence-electron chi connectivity index (χ1n) is 11.6. The Balaban J connectivity index is 1.64. The van der Waals surface area contributed by atoms with E-state index in [-0.39, 0.29) is 18.0 Å². The maximum Gasteiger partial charge on any atom is 0.345 e. The van der Waals surface area contributed by atoms with Crippen LogP contribution in [0.3, 0.4) is 0 Å². The highest BCUT2D eigenvalue weighted by atomic mass is 35.5. The Morgan fingerprint density at radius 1 is 0.912 bits per heavy atom. The number of hydrazone groups is 1. The summed E-state index contributed by atoms with van der Waals surface area (Å²) in [4.78, 5) is 35.9. The summed E-state index contributed by atoms with van der Waals surface area (Å²) in [6.45, 7) is 2.07. The van der Waals surface area contributed by atoms with E-state index in [1.807, 2.05) is 0 Å². The third-order valence-electron chi connectivity index (χ3n) is 5.04. The molecule has 2 rings (SSSR count). The third kappa shape index (κ3) is 10.6. The van der Waals surface area contributed by atoms with Gasteiger partial charge >= 0.3 is 5.97 Å². The van der Waals surface area contributed by atoms with Crippen LogP contribution >= 0.6 is 11.6 Å². The number of unbranched alkanes of at least 4 members (excludes halogenated alkanes) is 6. The molecule has 2 N–H and O–H groups in total. The summed E-state index contributed by atoms with van der Waals surface area (Å²) in [5.41, 5.74) is 3.35. The number of amides is 2. The Kier molecular flexibility index (Phi) is 12.4. The maximum absolute atomic E-state index is 12.2. The Morgan fingerprint density at radius 2 is 1.59 bits per heavy atom. The van der Waals surface area contributed by atoms with Gasteiger partial charge in [0.25, 0.3) is 5.91 Å². The Labute approximate surface area is 205 Å². The summed E-state index contributed by atoms with van der Waals surface area (Å²) >= 11 is 6.00. The summed E-state index contributed by atoms with van der Waals surface area (Å²) in [6.07, 6.45) is 9.86. The molecule has 182 valence electrons. The highest BCUT2D eigenvalue weighted by Crippen LogP contribution is 2.19. The quantitative estimate of drug-likeness (QED) is 0.125. The van der Waals surface area contributed by atoms with Gasteiger partial charge in [0, 0.05) is 6.42 Å². The molecule has 0 heterocycles. The van der Waals surface area contributed by atoms with E-state index in [0.29, 0.717) is 22.8 Å². The van der Waals surface area contributed by atoms with Gasteiger partial charge < -0.3 is 10.1 Å². The van der Waals surface area contributed by atoms with Gasteiger partial charge in [-0.3, -0.25) is 9.59 Å². The number of carbonyl (C=O) groups is 3. The van der Waals surface area contributed by atoms with Crippen LogP contribution in [0.5, 0.6) is 5.75 Å². The van der Waals surface area contributed by atoms with Crippen molar-refractivity contribution in [1.29, 1.82) is 0 Å². The average Bonchev–Trinajstić information content (AvgIpc) is 2.83. The molecule has 2 amide bonds. The van der Waals surface area contributed by atoms with Crippen molar-refractivity contribution < 1.29 is 19.1 Å². The molecule has 2 aromatic rings. The lowest BCUT2D eigenvalue weighted by atomic mass is 10.1. The zero-order chi connectivity index (χ0) is 24.6. The van der Waals surface area contributed by atoms with Crippen LogP contribution in [0.1, 0.15) is 74.2 Å². The molecule has 0 aliphatic carbocycles. The second kappa shape index (κ2) is 15.6. The number of hydrogen-bond donors (Lipinski definition) is 2. The lowest BCUT2D eigenvalue weighted by Crippen LogP contribution is -2.34. The summed E-state index contributed by atoms with van der Waals surface area (Å²) in [5, 5.41) is 6.80. The van der Waals surface area contributed by atoms with E-state index in [0.717, 1.165) is 19.3 Å². The number of nitrogens with one attached hydrogen (secondary N) is 2. The Morgan fingerprint density at radius 3 is 2.29 bits per heavy atom. The predicted octanol–water partition coefficient (Wildman–Crippen LogP) is 5.27. The molecule has 0 aliphatic rings. The number of halogens is 1. The third-order valence-corrected chi connectivity index (χ3v) is 5.37. The smallest absolute Gasteiger partial charge is 0.345 e. The average molecular weight is 486 g/mol. The molecular formula is C26H32ClN3O4. The van der Waals surface area contributed by atoms with Gasteiger partial charge in [0.1, 0.15) is 5.75 Å². The summed E-state index contributed by atoms with van der Waals surface area (Å²) in [6, 6.07) is 13.3. The Bertz CT molecular complexity index is 961. The highest BCUT2D eigenvalue weighted by Gasteiger charge is 2.12. The molecule has 34 heavy (non-hydrogen) atoms. The minimum atomic E-state index is -0.548. The first kappa shape index (κ1) is 27.1. The number of ether oxygens (including phenoxy) is 1. The zero-order valence-electron chi connectivity index (χ0n) is 19.5. The van der Waals surface area contributed by atoms with Gasteiger partial charge in [0.05, 0.1) is 23.3 Å². The molecule has 0 spiro atoms. The number of carbonyl (C=O) groups excluding carboxylic acids is 3. The van der Waals surface area contributed by atoms with Crippen LogP contribution in [0.15, 0.2) is 53.6 Å². The van der Waals surface area contributed by atoms with Gasteiger partial charge in [-0.2, -0.15) is 5.10 Å². The summed E-state index contributed by atoms with van der Waals surface area (Å²) in [7, 11) is 0. The molecule has 2 aromatic carbocycles. The lowest BCUT2D eigenvalue weighted by molar-refractivity contribution is -0.126. The number of nitrogens with zero attached hydrogens (tertiary/aromatic N) is 1. The fourth-order valence-electron chi connectivity index (χ4n) is 3.14. The van der Waals surface area contributed by atoms with Crippen molar-refractivity contribution in [3.05, 3.63) is 64.7 Å². The second-order valence-electron chi connectivity index (χ2n) is 7.88. The van der Waals surface area contributed by atoms with E-state index in [1.165, 1.54) is 31.9 Å². The summed E-state index contributed by atoms with van der Waals surface area (Å²) < 4.78 is 5.31. The van der Waals surface area contributed by atoms with Crippen LogP contribution in [0.25, 0.3) is 0 Å². The number of rotatable bonds is 14. The van der Waals surface area contributed by atoms with Crippen molar-refractivity contribution in [2.45, 2.75) is 58.3 Å². The van der Waals surface area contributed by atoms with Crippen molar-refractivity contribution in [1.82, 2.24) is 10.7 Å².